The Morgan fingerprint density at radius 2 is 2.06 bits per heavy atom. The van der Waals surface area contributed by atoms with Crippen LogP contribution in [0.25, 0.3) is 0 Å². The first-order chi connectivity index (χ1) is 7.43. The van der Waals surface area contributed by atoms with Gasteiger partial charge in [-0.05, 0) is 42.7 Å². The molecule has 1 aromatic rings. The van der Waals surface area contributed by atoms with Crippen LogP contribution >= 0.6 is 11.3 Å². The molecule has 16 heavy (non-hydrogen) atoms. The normalized spacial score (nSPS) is 12.2. The molecular formula is C11H19NO2S2. The maximum Gasteiger partial charge on any atom is 0.153 e. The Balaban J connectivity index is 2.30. The molecule has 0 atom stereocenters. The van der Waals surface area contributed by atoms with E-state index in [-0.39, 0.29) is 11.0 Å². The molecule has 0 unspecified atom stereocenters. The molecule has 1 heterocycles. The minimum absolute atomic E-state index is 0.216. The lowest BCUT2D eigenvalue weighted by Gasteiger charge is -2.08. The number of nitrogens with one attached hydrogen (secondary N) is 1. The van der Waals surface area contributed by atoms with Crippen LogP contribution in [-0.2, 0) is 16.4 Å². The van der Waals surface area contributed by atoms with Gasteiger partial charge in [-0.2, -0.15) is 11.3 Å². The fourth-order valence-corrected chi connectivity index (χ4v) is 3.00. The van der Waals surface area contributed by atoms with Crippen LogP contribution in [-0.4, -0.2) is 26.0 Å². The van der Waals surface area contributed by atoms with Gasteiger partial charge in [-0.15, -0.1) is 0 Å². The lowest BCUT2D eigenvalue weighted by molar-refractivity contribution is 0.582. The van der Waals surface area contributed by atoms with Gasteiger partial charge in [-0.3, -0.25) is 0 Å². The number of hydrogen-bond acceptors (Lipinski definition) is 4. The molecule has 0 aromatic carbocycles. The van der Waals surface area contributed by atoms with E-state index in [0.29, 0.717) is 6.54 Å². The molecule has 3 nitrogen and oxygen atoms in total. The SMILES string of the molecule is Cc1cscc1CNCCS(=O)(=O)C(C)C. The summed E-state index contributed by atoms with van der Waals surface area (Å²) in [5.74, 6) is 0.216. The maximum atomic E-state index is 11.5. The summed E-state index contributed by atoms with van der Waals surface area (Å²) < 4.78 is 23.0. The van der Waals surface area contributed by atoms with Gasteiger partial charge in [0.25, 0.3) is 0 Å². The Bertz CT molecular complexity index is 421. The Labute approximate surface area is 102 Å². The Morgan fingerprint density at radius 1 is 1.38 bits per heavy atom. The zero-order valence-electron chi connectivity index (χ0n) is 9.99. The summed E-state index contributed by atoms with van der Waals surface area (Å²) in [7, 11) is -2.91. The second-order valence-corrected chi connectivity index (χ2v) is 7.59. The van der Waals surface area contributed by atoms with Gasteiger partial charge in [0, 0.05) is 13.1 Å². The van der Waals surface area contributed by atoms with Gasteiger partial charge in [0.2, 0.25) is 0 Å². The Kier molecular flexibility index (Phi) is 4.95. The van der Waals surface area contributed by atoms with E-state index in [4.69, 9.17) is 0 Å². The molecule has 1 rings (SSSR count). The topological polar surface area (TPSA) is 46.2 Å². The molecule has 0 fully saturated rings. The van der Waals surface area contributed by atoms with E-state index < -0.39 is 9.84 Å². The maximum absolute atomic E-state index is 11.5. The second-order valence-electron chi connectivity index (χ2n) is 4.17. The van der Waals surface area contributed by atoms with Crippen molar-refractivity contribution >= 4 is 21.2 Å². The van der Waals surface area contributed by atoms with E-state index in [2.05, 4.69) is 23.0 Å². The number of sulfone groups is 1. The summed E-state index contributed by atoms with van der Waals surface area (Å²) in [6.07, 6.45) is 0. The van der Waals surface area contributed by atoms with Crippen LogP contribution in [0, 0.1) is 6.92 Å². The summed E-state index contributed by atoms with van der Waals surface area (Å²) in [5.41, 5.74) is 2.52. The van der Waals surface area contributed by atoms with E-state index >= 15 is 0 Å². The van der Waals surface area contributed by atoms with Crippen LogP contribution in [0.1, 0.15) is 25.0 Å². The average Bonchev–Trinajstić information content (AvgIpc) is 2.59. The smallest absolute Gasteiger partial charge is 0.153 e. The molecule has 0 spiro atoms. The molecule has 1 aromatic heterocycles. The highest BCUT2D eigenvalue weighted by Crippen LogP contribution is 2.12. The van der Waals surface area contributed by atoms with E-state index in [0.717, 1.165) is 6.54 Å². The fourth-order valence-electron chi connectivity index (χ4n) is 1.24. The number of rotatable bonds is 6. The third kappa shape index (κ3) is 3.88. The standard InChI is InChI=1S/C11H19NO2S2/c1-9(2)16(13,14)5-4-12-6-11-8-15-7-10(11)3/h7-9,12H,4-6H2,1-3H3. The zero-order chi connectivity index (χ0) is 12.2. The first-order valence-corrected chi connectivity index (χ1v) is 8.03. The van der Waals surface area contributed by atoms with E-state index in [1.54, 1.807) is 25.2 Å². The molecule has 0 amide bonds. The molecule has 0 radical (unpaired) electrons. The summed E-state index contributed by atoms with van der Waals surface area (Å²) in [5, 5.41) is 7.08. The van der Waals surface area contributed by atoms with Gasteiger partial charge in [0.1, 0.15) is 0 Å². The molecule has 0 aliphatic heterocycles. The first-order valence-electron chi connectivity index (χ1n) is 5.37. The summed E-state index contributed by atoms with van der Waals surface area (Å²) in [4.78, 5) is 0. The molecule has 0 bridgehead atoms. The van der Waals surface area contributed by atoms with E-state index in [1.165, 1.54) is 11.1 Å². The van der Waals surface area contributed by atoms with Crippen molar-refractivity contribution < 1.29 is 8.42 Å². The van der Waals surface area contributed by atoms with Crippen molar-refractivity contribution in [2.75, 3.05) is 12.3 Å². The second kappa shape index (κ2) is 5.80. The predicted octanol–water partition coefficient (Wildman–Crippen LogP) is 1.97. The largest absolute Gasteiger partial charge is 0.312 e. The molecule has 0 aliphatic carbocycles. The lowest BCUT2D eigenvalue weighted by atomic mass is 10.2. The van der Waals surface area contributed by atoms with Gasteiger partial charge < -0.3 is 5.32 Å². The van der Waals surface area contributed by atoms with Crippen molar-refractivity contribution in [1.29, 1.82) is 0 Å². The van der Waals surface area contributed by atoms with Crippen molar-refractivity contribution in [2.24, 2.45) is 0 Å². The highest BCUT2D eigenvalue weighted by atomic mass is 32.2. The van der Waals surface area contributed by atoms with Gasteiger partial charge in [0.15, 0.2) is 9.84 Å². The first kappa shape index (κ1) is 13.7. The number of hydrogen-bond donors (Lipinski definition) is 1. The summed E-state index contributed by atoms with van der Waals surface area (Å²) in [6.45, 7) is 6.79. The molecule has 0 saturated carbocycles. The molecule has 1 N–H and O–H groups in total. The molecular weight excluding hydrogens is 242 g/mol. The van der Waals surface area contributed by atoms with Gasteiger partial charge in [-0.1, -0.05) is 0 Å². The Hall–Kier alpha value is -0.390. The van der Waals surface area contributed by atoms with Crippen LogP contribution in [0.3, 0.4) is 0 Å². The highest BCUT2D eigenvalue weighted by molar-refractivity contribution is 7.92. The van der Waals surface area contributed by atoms with Crippen molar-refractivity contribution in [3.63, 3.8) is 0 Å². The molecule has 0 saturated heterocycles. The fraction of sp³-hybridized carbons (Fsp3) is 0.636. The average molecular weight is 261 g/mol. The van der Waals surface area contributed by atoms with E-state index in [1.807, 2.05) is 0 Å². The minimum atomic E-state index is -2.91. The third-order valence-corrected chi connectivity index (χ3v) is 5.68. The van der Waals surface area contributed by atoms with E-state index in [9.17, 15) is 8.42 Å². The van der Waals surface area contributed by atoms with Crippen LogP contribution in [0.4, 0.5) is 0 Å². The summed E-state index contributed by atoms with van der Waals surface area (Å²) >= 11 is 1.68. The zero-order valence-corrected chi connectivity index (χ0v) is 11.6. The minimum Gasteiger partial charge on any atom is -0.312 e. The number of aryl methyl sites for hydroxylation is 1. The number of thiophene rings is 1. The Morgan fingerprint density at radius 3 is 2.56 bits per heavy atom. The van der Waals surface area contributed by atoms with Crippen LogP contribution in [0.2, 0.25) is 0 Å². The van der Waals surface area contributed by atoms with Crippen molar-refractivity contribution in [3.05, 3.63) is 21.9 Å². The van der Waals surface area contributed by atoms with Gasteiger partial charge in [-0.25, -0.2) is 8.42 Å². The quantitative estimate of drug-likeness (QED) is 0.796. The highest BCUT2D eigenvalue weighted by Gasteiger charge is 2.14. The molecule has 5 heteroatoms. The molecule has 92 valence electrons. The monoisotopic (exact) mass is 261 g/mol. The van der Waals surface area contributed by atoms with Gasteiger partial charge >= 0.3 is 0 Å². The van der Waals surface area contributed by atoms with Crippen molar-refractivity contribution in [1.82, 2.24) is 5.32 Å². The van der Waals surface area contributed by atoms with Crippen LogP contribution in [0.5, 0.6) is 0 Å². The van der Waals surface area contributed by atoms with Crippen molar-refractivity contribution in [2.45, 2.75) is 32.6 Å². The summed E-state index contributed by atoms with van der Waals surface area (Å²) in [6, 6.07) is 0. The third-order valence-electron chi connectivity index (χ3n) is 2.56. The lowest BCUT2D eigenvalue weighted by Crippen LogP contribution is -2.27. The van der Waals surface area contributed by atoms with Crippen LogP contribution < -0.4 is 5.32 Å². The predicted molar refractivity (Wildman–Crippen MR) is 69.7 cm³/mol. The molecule has 0 aliphatic rings. The van der Waals surface area contributed by atoms with Crippen LogP contribution in [0.15, 0.2) is 10.8 Å². The van der Waals surface area contributed by atoms with Gasteiger partial charge in [0.05, 0.1) is 11.0 Å². The van der Waals surface area contributed by atoms with Crippen molar-refractivity contribution in [3.8, 4) is 0 Å².